The van der Waals surface area contributed by atoms with Crippen LogP contribution in [0.1, 0.15) is 17.3 Å². The third-order valence-corrected chi connectivity index (χ3v) is 5.98. The second kappa shape index (κ2) is 10.1. The lowest BCUT2D eigenvalue weighted by Gasteiger charge is -2.29. The summed E-state index contributed by atoms with van der Waals surface area (Å²) in [4.78, 5) is 39.5. The molecule has 2 aromatic rings. The van der Waals surface area contributed by atoms with Gasteiger partial charge in [-0.1, -0.05) is 18.2 Å². The Morgan fingerprint density at radius 2 is 1.82 bits per heavy atom. The lowest BCUT2D eigenvalue weighted by molar-refractivity contribution is -0.119. The summed E-state index contributed by atoms with van der Waals surface area (Å²) < 4.78 is 20.4. The van der Waals surface area contributed by atoms with Gasteiger partial charge in [0.2, 0.25) is 5.91 Å². The Labute approximate surface area is 197 Å². The Kier molecular flexibility index (Phi) is 6.97. The molecule has 0 aliphatic carbocycles. The van der Waals surface area contributed by atoms with Crippen molar-refractivity contribution >= 4 is 29.3 Å². The van der Waals surface area contributed by atoms with Crippen molar-refractivity contribution in [2.75, 3.05) is 56.1 Å². The van der Waals surface area contributed by atoms with Gasteiger partial charge in [0, 0.05) is 39.2 Å². The van der Waals surface area contributed by atoms with Crippen LogP contribution in [0.3, 0.4) is 0 Å². The van der Waals surface area contributed by atoms with Crippen LogP contribution in [0.4, 0.5) is 20.6 Å². The standard InChI is InChI=1S/C24H28FN5O4/c1-17(31)26-15-20-16-29(24(33)34-20)19-8-9-22(21(25)14-19)28-11-10-27(2)30(13-12-28)23(32)18-6-4-3-5-7-18/h3-9,14,20H,10-13,15-16H2,1-2H3,(H,26,31)/t20-/m0/s1. The Morgan fingerprint density at radius 1 is 1.09 bits per heavy atom. The maximum absolute atomic E-state index is 15.1. The van der Waals surface area contributed by atoms with Crippen LogP contribution in [-0.2, 0) is 9.53 Å². The van der Waals surface area contributed by atoms with Crippen molar-refractivity contribution in [2.45, 2.75) is 13.0 Å². The summed E-state index contributed by atoms with van der Waals surface area (Å²) in [5.74, 6) is -0.764. The van der Waals surface area contributed by atoms with Crippen molar-refractivity contribution in [1.82, 2.24) is 15.3 Å². The van der Waals surface area contributed by atoms with Gasteiger partial charge in [-0.05, 0) is 30.3 Å². The second-order valence-electron chi connectivity index (χ2n) is 8.35. The zero-order valence-electron chi connectivity index (χ0n) is 19.2. The van der Waals surface area contributed by atoms with Gasteiger partial charge in [-0.3, -0.25) is 19.5 Å². The van der Waals surface area contributed by atoms with Gasteiger partial charge in [0.25, 0.3) is 5.91 Å². The number of hydrogen-bond acceptors (Lipinski definition) is 6. The van der Waals surface area contributed by atoms with E-state index in [1.165, 1.54) is 17.9 Å². The number of carbonyl (C=O) groups is 3. The highest BCUT2D eigenvalue weighted by molar-refractivity contribution is 5.94. The van der Waals surface area contributed by atoms with Crippen LogP contribution in [-0.4, -0.2) is 80.3 Å². The molecule has 9 nitrogen and oxygen atoms in total. The molecular formula is C24H28FN5O4. The number of nitrogens with one attached hydrogen (secondary N) is 1. The number of likely N-dealkylation sites (N-methyl/N-ethyl adjacent to an activating group) is 1. The molecule has 2 aliphatic heterocycles. The van der Waals surface area contributed by atoms with Gasteiger partial charge in [0.05, 0.1) is 31.0 Å². The van der Waals surface area contributed by atoms with Gasteiger partial charge >= 0.3 is 6.09 Å². The summed E-state index contributed by atoms with van der Waals surface area (Å²) in [6.45, 7) is 3.78. The number of carbonyl (C=O) groups excluding carboxylic acids is 3. The van der Waals surface area contributed by atoms with Crippen molar-refractivity contribution < 1.29 is 23.5 Å². The molecule has 0 saturated carbocycles. The van der Waals surface area contributed by atoms with E-state index in [4.69, 9.17) is 4.74 Å². The van der Waals surface area contributed by atoms with Gasteiger partial charge < -0.3 is 15.0 Å². The fourth-order valence-corrected chi connectivity index (χ4v) is 4.13. The molecule has 0 radical (unpaired) electrons. The molecule has 1 N–H and O–H groups in total. The van der Waals surface area contributed by atoms with E-state index in [1.54, 1.807) is 29.3 Å². The predicted octanol–water partition coefficient (Wildman–Crippen LogP) is 2.10. The number of anilines is 2. The molecule has 0 unspecified atom stereocenters. The van der Waals surface area contributed by atoms with Gasteiger partial charge in [0.1, 0.15) is 11.9 Å². The quantitative estimate of drug-likeness (QED) is 0.722. The fourth-order valence-electron chi connectivity index (χ4n) is 4.13. The molecule has 2 fully saturated rings. The Balaban J connectivity index is 1.43. The fraction of sp³-hybridized carbons (Fsp3) is 0.375. The van der Waals surface area contributed by atoms with E-state index in [0.29, 0.717) is 43.1 Å². The molecule has 0 spiro atoms. The first-order valence-electron chi connectivity index (χ1n) is 11.2. The zero-order valence-corrected chi connectivity index (χ0v) is 19.2. The maximum atomic E-state index is 15.1. The molecule has 34 heavy (non-hydrogen) atoms. The van der Waals surface area contributed by atoms with Gasteiger partial charge in [0.15, 0.2) is 0 Å². The van der Waals surface area contributed by atoms with Crippen LogP contribution in [0.25, 0.3) is 0 Å². The van der Waals surface area contributed by atoms with Crippen LogP contribution in [0.15, 0.2) is 48.5 Å². The Hall–Kier alpha value is -3.66. The third-order valence-electron chi connectivity index (χ3n) is 5.98. The van der Waals surface area contributed by atoms with Crippen molar-refractivity contribution in [2.24, 2.45) is 0 Å². The highest BCUT2D eigenvalue weighted by Gasteiger charge is 2.33. The van der Waals surface area contributed by atoms with Gasteiger partial charge in [-0.25, -0.2) is 14.2 Å². The van der Waals surface area contributed by atoms with Crippen LogP contribution in [0.5, 0.6) is 0 Å². The minimum absolute atomic E-state index is 0.0952. The normalized spacial score (nSPS) is 19.1. The summed E-state index contributed by atoms with van der Waals surface area (Å²) in [5.41, 5.74) is 1.41. The number of rotatable bonds is 5. The number of benzene rings is 2. The average Bonchev–Trinajstić information content (AvgIpc) is 3.09. The van der Waals surface area contributed by atoms with Gasteiger partial charge in [-0.2, -0.15) is 0 Å². The lowest BCUT2D eigenvalue weighted by Crippen LogP contribution is -2.44. The lowest BCUT2D eigenvalue weighted by atomic mass is 10.2. The van der Waals surface area contributed by atoms with Crippen LogP contribution in [0.2, 0.25) is 0 Å². The summed E-state index contributed by atoms with van der Waals surface area (Å²) >= 11 is 0. The summed E-state index contributed by atoms with van der Waals surface area (Å²) in [5, 5.41) is 6.16. The van der Waals surface area contributed by atoms with Crippen LogP contribution >= 0.6 is 0 Å². The van der Waals surface area contributed by atoms with E-state index in [1.807, 2.05) is 35.2 Å². The first-order chi connectivity index (χ1) is 16.3. The van der Waals surface area contributed by atoms with E-state index in [0.717, 1.165) is 0 Å². The summed E-state index contributed by atoms with van der Waals surface area (Å²) in [6, 6.07) is 13.7. The molecule has 2 saturated heterocycles. The molecule has 180 valence electrons. The number of amides is 3. The van der Waals surface area contributed by atoms with E-state index in [9.17, 15) is 14.4 Å². The Bertz CT molecular complexity index is 1070. The molecule has 2 aromatic carbocycles. The van der Waals surface area contributed by atoms with E-state index in [2.05, 4.69) is 5.32 Å². The first-order valence-corrected chi connectivity index (χ1v) is 11.2. The van der Waals surface area contributed by atoms with Gasteiger partial charge in [-0.15, -0.1) is 0 Å². The third kappa shape index (κ3) is 5.12. The SMILES string of the molecule is CC(=O)NC[C@H]1CN(c2ccc(N3CCN(C)N(C(=O)c4ccccc4)CC3)c(F)c2)C(=O)O1. The topological polar surface area (TPSA) is 85.4 Å². The largest absolute Gasteiger partial charge is 0.442 e. The summed E-state index contributed by atoms with van der Waals surface area (Å²) in [6.07, 6.45) is -1.07. The molecule has 4 rings (SSSR count). The first kappa shape index (κ1) is 23.5. The van der Waals surface area contributed by atoms with E-state index >= 15 is 4.39 Å². The minimum Gasteiger partial charge on any atom is -0.442 e. The number of ether oxygens (including phenoxy) is 1. The van der Waals surface area contributed by atoms with Crippen molar-refractivity contribution in [3.63, 3.8) is 0 Å². The number of cyclic esters (lactones) is 1. The number of nitrogens with zero attached hydrogens (tertiary/aromatic N) is 4. The molecule has 2 heterocycles. The zero-order chi connectivity index (χ0) is 24.2. The van der Waals surface area contributed by atoms with Crippen molar-refractivity contribution in [3.05, 3.63) is 59.9 Å². The van der Waals surface area contributed by atoms with Crippen molar-refractivity contribution in [3.8, 4) is 0 Å². The highest BCUT2D eigenvalue weighted by Crippen LogP contribution is 2.28. The summed E-state index contributed by atoms with van der Waals surface area (Å²) in [7, 11) is 1.85. The molecule has 2 aliphatic rings. The molecule has 3 amide bonds. The smallest absolute Gasteiger partial charge is 0.414 e. The number of halogens is 1. The molecule has 10 heteroatoms. The van der Waals surface area contributed by atoms with E-state index in [-0.39, 0.29) is 24.9 Å². The van der Waals surface area contributed by atoms with Crippen molar-refractivity contribution in [1.29, 1.82) is 0 Å². The second-order valence-corrected chi connectivity index (χ2v) is 8.35. The number of hydrogen-bond donors (Lipinski definition) is 1. The van der Waals surface area contributed by atoms with Crippen LogP contribution in [0, 0.1) is 5.82 Å². The highest BCUT2D eigenvalue weighted by atomic mass is 19.1. The minimum atomic E-state index is -0.575. The Morgan fingerprint density at radius 3 is 2.53 bits per heavy atom. The number of hydrazine groups is 1. The maximum Gasteiger partial charge on any atom is 0.414 e. The molecule has 0 aromatic heterocycles. The molecule has 1 atom stereocenters. The predicted molar refractivity (Wildman–Crippen MR) is 125 cm³/mol. The molecular weight excluding hydrogens is 441 g/mol. The van der Waals surface area contributed by atoms with E-state index < -0.39 is 18.0 Å². The average molecular weight is 470 g/mol. The van der Waals surface area contributed by atoms with Crippen LogP contribution < -0.4 is 15.1 Å². The monoisotopic (exact) mass is 469 g/mol. The molecule has 0 bridgehead atoms.